The van der Waals surface area contributed by atoms with Gasteiger partial charge in [0.05, 0.1) is 0 Å². The van der Waals surface area contributed by atoms with E-state index < -0.39 is 5.92 Å². The number of hydrogen-bond donors (Lipinski definition) is 0. The summed E-state index contributed by atoms with van der Waals surface area (Å²) < 4.78 is 27.8. The minimum atomic E-state index is -2.93. The molecule has 175 valence electrons. The van der Waals surface area contributed by atoms with Gasteiger partial charge >= 0.3 is 146 Å². The number of benzene rings is 1. The fourth-order valence-electron chi connectivity index (χ4n) is 4.65. The van der Waals surface area contributed by atoms with Gasteiger partial charge in [-0.15, -0.1) is 0 Å². The van der Waals surface area contributed by atoms with Crippen molar-refractivity contribution in [1.29, 1.82) is 0 Å². The number of alkyl halides is 2. The SMILES string of the molecule is [B]=C(CCC)C/C(=C/C)c1ccc(CCc2ccc(C(C)(F)F)nc2N2CCCC2)cc1C. The first kappa shape index (κ1) is 25.3. The Kier molecular flexibility index (Phi) is 8.61. The molecule has 5 heteroatoms. The second-order valence-corrected chi connectivity index (χ2v) is 9.31. The Labute approximate surface area is 199 Å². The predicted octanol–water partition coefficient (Wildman–Crippen LogP) is 6.82. The molecule has 2 nitrogen and oxygen atoms in total. The molecular formula is C28H36BF2N2. The molecule has 2 aromatic rings. The molecule has 1 aliphatic rings. The zero-order valence-electron chi connectivity index (χ0n) is 20.6. The zero-order chi connectivity index (χ0) is 24.0. The number of hydrogen-bond acceptors (Lipinski definition) is 2. The number of anilines is 1. The molecule has 0 amide bonds. The second-order valence-electron chi connectivity index (χ2n) is 9.31. The maximum absolute atomic E-state index is 13.9. The van der Waals surface area contributed by atoms with Gasteiger partial charge in [0.2, 0.25) is 0 Å². The topological polar surface area (TPSA) is 16.1 Å². The number of aryl methyl sites for hydroxylation is 3. The van der Waals surface area contributed by atoms with Crippen molar-refractivity contribution >= 4 is 24.3 Å². The second kappa shape index (κ2) is 11.2. The van der Waals surface area contributed by atoms with Crippen LogP contribution in [0.4, 0.5) is 14.6 Å². The van der Waals surface area contributed by atoms with Gasteiger partial charge in [-0.2, -0.15) is 8.78 Å². The van der Waals surface area contributed by atoms with Crippen molar-refractivity contribution in [2.24, 2.45) is 0 Å². The monoisotopic (exact) mass is 449 g/mol. The molecule has 0 unspecified atom stereocenters. The molecule has 0 saturated carbocycles. The van der Waals surface area contributed by atoms with E-state index in [-0.39, 0.29) is 5.69 Å². The van der Waals surface area contributed by atoms with Crippen LogP contribution in [0.5, 0.6) is 0 Å². The predicted molar refractivity (Wildman–Crippen MR) is 138 cm³/mol. The molecule has 33 heavy (non-hydrogen) atoms. The number of halogens is 2. The van der Waals surface area contributed by atoms with Crippen LogP contribution in [0.25, 0.3) is 5.57 Å². The van der Waals surface area contributed by atoms with E-state index in [0.29, 0.717) is 0 Å². The van der Waals surface area contributed by atoms with Crippen LogP contribution in [0.3, 0.4) is 0 Å². The number of nitrogens with zero attached hydrogens (tertiary/aromatic N) is 2. The standard InChI is InChI=1S/C28H36BF2N2/c1-5-9-24(29)19-22(6-2)25-14-11-21(18-20(25)3)10-12-23-13-15-26(28(4,30)31)32-27(23)33-16-7-8-17-33/h6,11,13-15,18H,5,7-10,12,16-17,19H2,1-4H3/b22-6-. The molecule has 1 aromatic heterocycles. The van der Waals surface area contributed by atoms with Gasteiger partial charge in [-0.05, 0) is 12.8 Å². The van der Waals surface area contributed by atoms with Crippen molar-refractivity contribution < 1.29 is 8.78 Å². The summed E-state index contributed by atoms with van der Waals surface area (Å²) >= 11 is 0. The number of pyridine rings is 1. The van der Waals surface area contributed by atoms with E-state index in [2.05, 4.69) is 54.9 Å². The summed E-state index contributed by atoms with van der Waals surface area (Å²) in [4.78, 5) is 6.56. The number of rotatable bonds is 10. The first-order valence-electron chi connectivity index (χ1n) is 12.2. The van der Waals surface area contributed by atoms with Crippen molar-refractivity contribution in [3.8, 4) is 0 Å². The summed E-state index contributed by atoms with van der Waals surface area (Å²) in [6, 6.07) is 9.95. The van der Waals surface area contributed by atoms with Crippen molar-refractivity contribution in [2.75, 3.05) is 18.0 Å². The van der Waals surface area contributed by atoms with Crippen molar-refractivity contribution in [3.63, 3.8) is 0 Å². The molecule has 0 spiro atoms. The Morgan fingerprint density at radius 2 is 1.88 bits per heavy atom. The average molecular weight is 449 g/mol. The molecule has 3 rings (SSSR count). The Morgan fingerprint density at radius 1 is 1.15 bits per heavy atom. The summed E-state index contributed by atoms with van der Waals surface area (Å²) in [6.07, 6.45) is 8.77. The molecule has 2 heterocycles. The van der Waals surface area contributed by atoms with Gasteiger partial charge in [0.1, 0.15) is 5.69 Å². The van der Waals surface area contributed by atoms with Crippen LogP contribution in [-0.4, -0.2) is 31.0 Å². The minimum absolute atomic E-state index is 0.147. The van der Waals surface area contributed by atoms with Crippen LogP contribution < -0.4 is 4.90 Å². The Bertz CT molecular complexity index is 1000. The van der Waals surface area contributed by atoms with E-state index in [0.717, 1.165) is 81.8 Å². The van der Waals surface area contributed by atoms with Gasteiger partial charge in [-0.25, -0.2) is 0 Å². The third-order valence-electron chi connectivity index (χ3n) is 6.47. The van der Waals surface area contributed by atoms with Crippen molar-refractivity contribution in [3.05, 3.63) is 64.4 Å². The molecular weight excluding hydrogens is 413 g/mol. The fourth-order valence-corrected chi connectivity index (χ4v) is 4.65. The van der Waals surface area contributed by atoms with Gasteiger partial charge in [0.15, 0.2) is 0 Å². The normalized spacial score (nSPS) is 14.7. The summed E-state index contributed by atoms with van der Waals surface area (Å²) in [5.74, 6) is -2.19. The average Bonchev–Trinajstić information content (AvgIpc) is 3.30. The van der Waals surface area contributed by atoms with Crippen molar-refractivity contribution in [1.82, 2.24) is 4.98 Å². The van der Waals surface area contributed by atoms with E-state index in [9.17, 15) is 8.78 Å². The molecule has 0 aliphatic carbocycles. The molecule has 0 N–H and O–H groups in total. The summed E-state index contributed by atoms with van der Waals surface area (Å²) in [5, 5.41) is 0. The van der Waals surface area contributed by atoms with Gasteiger partial charge in [0, 0.05) is 20.0 Å². The van der Waals surface area contributed by atoms with Gasteiger partial charge in [0.25, 0.3) is 5.92 Å². The molecule has 0 bridgehead atoms. The van der Waals surface area contributed by atoms with Crippen LogP contribution in [0.15, 0.2) is 36.4 Å². The van der Waals surface area contributed by atoms with Crippen LogP contribution in [0.2, 0.25) is 0 Å². The van der Waals surface area contributed by atoms with Gasteiger partial charge in [-0.3, -0.25) is 0 Å². The Morgan fingerprint density at radius 3 is 2.48 bits per heavy atom. The van der Waals surface area contributed by atoms with Crippen LogP contribution in [0.1, 0.15) is 80.8 Å². The van der Waals surface area contributed by atoms with E-state index in [1.165, 1.54) is 28.3 Å². The molecule has 1 saturated heterocycles. The van der Waals surface area contributed by atoms with Crippen LogP contribution in [0, 0.1) is 6.92 Å². The number of aromatic nitrogens is 1. The molecule has 0 atom stereocenters. The van der Waals surface area contributed by atoms with Crippen LogP contribution in [-0.2, 0) is 18.8 Å². The molecule has 1 aromatic carbocycles. The van der Waals surface area contributed by atoms with Crippen LogP contribution >= 0.6 is 0 Å². The Hall–Kier alpha value is -2.30. The summed E-state index contributed by atoms with van der Waals surface area (Å²) in [5.41, 5.74) is 6.92. The third kappa shape index (κ3) is 6.62. The van der Waals surface area contributed by atoms with Gasteiger partial charge < -0.3 is 0 Å². The summed E-state index contributed by atoms with van der Waals surface area (Å²) in [6.45, 7) is 9.05. The third-order valence-corrected chi connectivity index (χ3v) is 6.47. The maximum atomic E-state index is 13.9. The zero-order valence-corrected chi connectivity index (χ0v) is 20.6. The quantitative estimate of drug-likeness (QED) is 0.370. The fraction of sp³-hybridized carbons (Fsp3) is 0.500. The first-order chi connectivity index (χ1) is 15.7. The molecule has 1 aliphatic heterocycles. The van der Waals surface area contributed by atoms with E-state index in [1.54, 1.807) is 0 Å². The van der Waals surface area contributed by atoms with Gasteiger partial charge in [-0.1, -0.05) is 0 Å². The van der Waals surface area contributed by atoms with Crippen molar-refractivity contribution in [2.45, 2.75) is 78.6 Å². The Balaban J connectivity index is 1.77. The summed E-state index contributed by atoms with van der Waals surface area (Å²) in [7, 11) is 6.21. The first-order valence-corrected chi connectivity index (χ1v) is 12.2. The molecule has 1 fully saturated rings. The van der Waals surface area contributed by atoms with E-state index in [4.69, 9.17) is 7.49 Å². The van der Waals surface area contributed by atoms with E-state index >= 15 is 0 Å². The molecule has 1 radical (unpaired) electrons. The number of allylic oxidation sites excluding steroid dienone is 2. The van der Waals surface area contributed by atoms with E-state index in [1.807, 2.05) is 6.07 Å².